The number of aromatic amines is 2. The molecule has 744 valence electrons. The van der Waals surface area contributed by atoms with E-state index in [1.807, 2.05) is 109 Å². The Kier molecular flexibility index (Phi) is 34.2. The summed E-state index contributed by atoms with van der Waals surface area (Å²) in [6, 6.07) is 20.2. The second-order valence-corrected chi connectivity index (χ2v) is 39.8. The van der Waals surface area contributed by atoms with Crippen LogP contribution in [-0.4, -0.2) is 219 Å². The van der Waals surface area contributed by atoms with E-state index in [1.54, 1.807) is 56.8 Å². The van der Waals surface area contributed by atoms with E-state index < -0.39 is 179 Å². The molecule has 14 amide bonds. The summed E-state index contributed by atoms with van der Waals surface area (Å²) in [7, 11) is 0. The molecule has 0 radical (unpaired) electrons. The number of hydrogen-bond acceptors (Lipinski definition) is 22. The van der Waals surface area contributed by atoms with Crippen LogP contribution in [0.5, 0.6) is 0 Å². The van der Waals surface area contributed by atoms with Crippen molar-refractivity contribution in [3.63, 3.8) is 0 Å². The molecule has 18 N–H and O–H groups in total. The van der Waals surface area contributed by atoms with Gasteiger partial charge in [0.1, 0.15) is 47.6 Å². The maximum absolute atomic E-state index is 15.4. The average Bonchev–Trinajstić information content (AvgIpc) is 1.63. The van der Waals surface area contributed by atoms with E-state index in [0.717, 1.165) is 98.1 Å². The van der Waals surface area contributed by atoms with Crippen LogP contribution in [0.4, 0.5) is 0 Å². The number of H-pyrrole nitrogens is 2. The van der Waals surface area contributed by atoms with Gasteiger partial charge in [-0.1, -0.05) is 134 Å². The largest absolute Gasteiger partial charge is 0.370 e. The van der Waals surface area contributed by atoms with Crippen molar-refractivity contribution in [2.75, 3.05) is 26.2 Å². The highest BCUT2D eigenvalue weighted by Gasteiger charge is 2.50. The number of Topliss-reactive ketones (excluding diaryl/α,β-unsaturated/α-hetero) is 2. The highest BCUT2D eigenvalue weighted by molar-refractivity contribution is 7.16. The summed E-state index contributed by atoms with van der Waals surface area (Å²) >= 11 is 3.22. The third-order valence-electron chi connectivity index (χ3n) is 28.0. The van der Waals surface area contributed by atoms with Crippen LogP contribution in [0.25, 0.3) is 59.6 Å². The zero-order chi connectivity index (χ0) is 99.3. The first-order valence-corrected chi connectivity index (χ1v) is 50.5. The fourth-order valence-electron chi connectivity index (χ4n) is 20.4. The standard InChI is InChI=1S/C51H61N11O8S.C50H61N11O8S/c52-45(64)26-39-43(63)25-36(30-9-2-1-3-10-30)51(70)61-28-34(62-29-41(59-60-62)31-15-17-32(18-16-31)44-14-8-22-71-44)24-42(61)50(69)58-40(23-33-27-55-37-12-5-4-11-35(33)37)49(68)57-38(48(53)67)13-6-7-21-54-46(65)19-20-47(66)56-39;51-44(63)25-37-41(62)24-34(29-10-2-1-3-11-29)50(69)60-27-32(61-28-39(58-59-61)43-18-17-42(70-43)30-12-4-5-13-30)23-40(60)49(68)57-38(22-31-26-54-35-15-7-6-14-33(31)35)48(67)56-36(47(52)66)16-8-9-21-53-45(64)19-20-46(65)55-37/h4-5,8,11-12,14-18,22,27,29-30,34,36,38-40,42,55H,1-3,6-7,9-10,13,19-21,23-26,28H2,(H2,52,64)(H2,53,67)(H,54,65)(H,56,66)(H,57,68)(H,58,69);4-7,12,14-15,17-18,26,28-29,32,34,36-38,40,54H,1-3,8-11,13,16,19-25,27H2,(H2,51,63)(H2,52,66)(H,53,64)(H,55,65)(H,56,67)(H,57,68)/t34-,36-,38-,39-,40-,42-;32-,34-,36-,37-,38-,40-/m00/s1. The van der Waals surface area contributed by atoms with Crippen molar-refractivity contribution in [3.8, 4) is 32.3 Å². The molecule has 0 unspecified atom stereocenters. The lowest BCUT2D eigenvalue weighted by atomic mass is 9.76. The lowest BCUT2D eigenvalue weighted by molar-refractivity contribution is -0.146. The fraction of sp³-hybridized carbons (Fsp3) is 0.465. The summed E-state index contributed by atoms with van der Waals surface area (Å²) in [5.74, 6) is -12.5. The van der Waals surface area contributed by atoms with Crippen LogP contribution in [0.3, 0.4) is 0 Å². The van der Waals surface area contributed by atoms with Crippen molar-refractivity contribution in [1.82, 2.24) is 92.3 Å². The van der Waals surface area contributed by atoms with Gasteiger partial charge in [0.05, 0.1) is 54.3 Å². The van der Waals surface area contributed by atoms with Crippen molar-refractivity contribution >= 4 is 144 Å². The zero-order valence-corrected chi connectivity index (χ0v) is 80.1. The van der Waals surface area contributed by atoms with E-state index in [-0.39, 0.29) is 115 Å². The van der Waals surface area contributed by atoms with Crippen LogP contribution in [0.1, 0.15) is 201 Å². The summed E-state index contributed by atoms with van der Waals surface area (Å²) < 4.78 is 3.29. The topological polar surface area (TPSA) is 573 Å². The Balaban J connectivity index is 0.000000213. The number of rotatable bonds is 18. The molecule has 3 aliphatic carbocycles. The molecule has 38 nitrogen and oxygen atoms in total. The van der Waals surface area contributed by atoms with Crippen molar-refractivity contribution < 1.29 is 76.7 Å². The number of para-hydroxylation sites is 2. The summed E-state index contributed by atoms with van der Waals surface area (Å²) in [6.07, 6.45) is 21.1. The second-order valence-electron chi connectivity index (χ2n) is 37.8. The number of fused-ring (bicyclic) bond motifs is 4. The van der Waals surface area contributed by atoms with Gasteiger partial charge in [-0.25, -0.2) is 9.36 Å². The van der Waals surface area contributed by atoms with Gasteiger partial charge in [-0.15, -0.1) is 32.9 Å². The van der Waals surface area contributed by atoms with Gasteiger partial charge >= 0.3 is 0 Å². The molecule has 4 aliphatic heterocycles. The zero-order valence-electron chi connectivity index (χ0n) is 78.5. The quantitative estimate of drug-likeness (QED) is 0.0417. The van der Waals surface area contributed by atoms with Gasteiger partial charge in [0.15, 0.2) is 11.6 Å². The number of allylic oxidation sites excluding steroid dienone is 4. The molecule has 6 aromatic heterocycles. The molecule has 0 bridgehead atoms. The number of hydrogen-bond donors (Lipinski definition) is 14. The van der Waals surface area contributed by atoms with Crippen LogP contribution < -0.4 is 65.5 Å². The summed E-state index contributed by atoms with van der Waals surface area (Å²) in [6.45, 7) is 0.425. The Hall–Kier alpha value is -14.2. The molecule has 16 rings (SSSR count). The van der Waals surface area contributed by atoms with Gasteiger partial charge in [0.2, 0.25) is 82.7 Å². The average molecular weight is 1960 g/mol. The molecule has 3 aromatic carbocycles. The predicted octanol–water partition coefficient (Wildman–Crippen LogP) is 6.86. The third kappa shape index (κ3) is 26.3. The van der Waals surface area contributed by atoms with E-state index in [4.69, 9.17) is 22.9 Å². The highest BCUT2D eigenvalue weighted by Crippen LogP contribution is 2.42. The minimum Gasteiger partial charge on any atom is -0.370 e. The van der Waals surface area contributed by atoms with Crippen molar-refractivity contribution in [2.24, 2.45) is 46.6 Å². The van der Waals surface area contributed by atoms with E-state index in [2.05, 4.69) is 85.3 Å². The van der Waals surface area contributed by atoms with Gasteiger partial charge in [-0.05, 0) is 140 Å². The number of nitrogens with one attached hydrogen (secondary N) is 10. The van der Waals surface area contributed by atoms with Gasteiger partial charge in [-0.2, -0.15) is 0 Å². The molecule has 0 spiro atoms. The number of ketones is 2. The van der Waals surface area contributed by atoms with Gasteiger partial charge in [0.25, 0.3) is 0 Å². The molecular weight excluding hydrogens is 1840 g/mol. The fourth-order valence-corrected chi connectivity index (χ4v) is 22.1. The van der Waals surface area contributed by atoms with Crippen molar-refractivity contribution in [2.45, 2.75) is 247 Å². The Labute approximate surface area is 821 Å². The smallest absolute Gasteiger partial charge is 0.243 e. The number of aromatic nitrogens is 8. The predicted molar refractivity (Wildman–Crippen MR) is 525 cm³/mol. The number of nitrogens with zero attached hydrogens (tertiary/aromatic N) is 8. The number of nitrogens with two attached hydrogens (primary N) is 4. The van der Waals surface area contributed by atoms with E-state index in [1.165, 1.54) is 15.4 Å². The molecule has 7 aliphatic rings. The minimum absolute atomic E-state index is 0.00101. The molecule has 40 heteroatoms. The normalized spacial score (nSPS) is 24.7. The highest BCUT2D eigenvalue weighted by atomic mass is 32.1. The summed E-state index contributed by atoms with van der Waals surface area (Å²) in [5, 5.41) is 43.8. The van der Waals surface area contributed by atoms with Crippen LogP contribution in [0.2, 0.25) is 0 Å². The first-order chi connectivity index (χ1) is 68.1. The first kappa shape index (κ1) is 101. The van der Waals surface area contributed by atoms with Crippen LogP contribution in [0.15, 0.2) is 145 Å². The molecule has 141 heavy (non-hydrogen) atoms. The second kappa shape index (κ2) is 47.7. The Morgan fingerprint density at radius 3 is 1.33 bits per heavy atom. The summed E-state index contributed by atoms with van der Waals surface area (Å²) in [5.41, 5.74) is 30.2. The van der Waals surface area contributed by atoms with Gasteiger partial charge in [0, 0.05) is 152 Å². The molecule has 4 saturated heterocycles. The van der Waals surface area contributed by atoms with Crippen molar-refractivity contribution in [3.05, 3.63) is 161 Å². The Bertz CT molecular complexity index is 6140. The van der Waals surface area contributed by atoms with Crippen LogP contribution in [-0.2, 0) is 89.6 Å². The number of thiophene rings is 2. The van der Waals surface area contributed by atoms with Crippen molar-refractivity contribution in [1.29, 1.82) is 0 Å². The van der Waals surface area contributed by atoms with E-state index in [9.17, 15) is 57.5 Å². The monoisotopic (exact) mass is 1960 g/mol. The Morgan fingerprint density at radius 2 is 0.879 bits per heavy atom. The molecule has 2 saturated carbocycles. The first-order valence-electron chi connectivity index (χ1n) is 48.8. The van der Waals surface area contributed by atoms with Crippen LogP contribution in [0, 0.1) is 23.7 Å². The van der Waals surface area contributed by atoms with E-state index >= 15 is 19.2 Å². The van der Waals surface area contributed by atoms with Gasteiger partial charge < -0.3 is 85.2 Å². The lowest BCUT2D eigenvalue weighted by Gasteiger charge is -2.35. The number of benzene rings is 3. The maximum atomic E-state index is 15.4. The minimum atomic E-state index is -1.36. The lowest BCUT2D eigenvalue weighted by Crippen LogP contribution is -2.57. The number of carbonyl (C=O) groups excluding carboxylic acids is 16. The molecule has 9 aromatic rings. The number of amides is 14. The summed E-state index contributed by atoms with van der Waals surface area (Å²) in [4.78, 5) is 233. The maximum Gasteiger partial charge on any atom is 0.243 e. The molecule has 6 fully saturated rings. The third-order valence-corrected chi connectivity index (χ3v) is 30.1. The Morgan fingerprint density at radius 1 is 0.433 bits per heavy atom. The molecule has 10 heterocycles. The number of primary amides is 4. The molecular formula is C101H122N22O16S2. The van der Waals surface area contributed by atoms with Gasteiger partial charge in [-0.3, -0.25) is 76.7 Å². The van der Waals surface area contributed by atoms with E-state index in [0.29, 0.717) is 68.3 Å². The SMILES string of the molecule is NC(=O)C[C@@H]1NC(=O)CCC(=O)NCCCC[C@@H](C(N)=O)NC(=O)[C@H](Cc2c[nH]c3ccccc23)NC(=O)[C@@H]2C[C@H](n3cc(-c4ccc(-c5cccs5)cc4)nn3)CN2C(=O)[C@H](C2CCCCC2)CC1=O.NC(=O)C[C@@H]1NC(=O)CCC(=O)NCCCC[C@@H](C(N)=O)NC(=O)[C@H](Cc2c[nH]c3ccccc23)NC(=O)[C@@H]2C[C@H](n3cc(-c4ccc(C5=CC=CC5)s4)nn3)CN2C(=O)[C@H](C2CCCCC2)CC1=O. The number of carbonyl (C=O) groups is 16. The molecule has 12 atom stereocenters. The van der Waals surface area contributed by atoms with Crippen LogP contribution >= 0.6 is 22.7 Å².